The second-order valence-electron chi connectivity index (χ2n) is 7.62. The van der Waals surface area contributed by atoms with Gasteiger partial charge in [0.2, 0.25) is 0 Å². The summed E-state index contributed by atoms with van der Waals surface area (Å²) in [6, 6.07) is 25.0. The first-order valence-electron chi connectivity index (χ1n) is 10.4. The van der Waals surface area contributed by atoms with Gasteiger partial charge in [-0.2, -0.15) is 5.10 Å². The van der Waals surface area contributed by atoms with Crippen LogP contribution in [0.3, 0.4) is 0 Å². The van der Waals surface area contributed by atoms with Gasteiger partial charge in [-0.05, 0) is 42.3 Å². The standard InChI is InChI=1S/C25H22N6O/c1-31-23-13-6-5-12-19(23)27-24(31)21(15-17-9-3-2-4-10-17)28-25(32)22-16-20(29-30-22)18-11-7-8-14-26-18/h2-14,16,21H,15H2,1H3,(H,28,32)(H,29,30)/t21-/m1/s1. The number of hydrogen-bond acceptors (Lipinski definition) is 4. The van der Waals surface area contributed by atoms with Gasteiger partial charge in [0.25, 0.3) is 5.91 Å². The third-order valence-electron chi connectivity index (χ3n) is 5.47. The van der Waals surface area contributed by atoms with Gasteiger partial charge in [0.05, 0.1) is 22.8 Å². The molecule has 0 bridgehead atoms. The van der Waals surface area contributed by atoms with Crippen molar-refractivity contribution in [2.45, 2.75) is 12.5 Å². The molecule has 1 amide bonds. The monoisotopic (exact) mass is 422 g/mol. The summed E-state index contributed by atoms with van der Waals surface area (Å²) in [6.45, 7) is 0. The van der Waals surface area contributed by atoms with Crippen molar-refractivity contribution in [3.63, 3.8) is 0 Å². The highest BCUT2D eigenvalue weighted by Gasteiger charge is 2.23. The van der Waals surface area contributed by atoms with Gasteiger partial charge in [0.1, 0.15) is 17.2 Å². The maximum Gasteiger partial charge on any atom is 0.269 e. The fraction of sp³-hybridized carbons (Fsp3) is 0.120. The lowest BCUT2D eigenvalue weighted by atomic mass is 10.0. The number of imidazole rings is 1. The summed E-state index contributed by atoms with van der Waals surface area (Å²) in [6.07, 6.45) is 2.32. The molecule has 0 unspecified atom stereocenters. The van der Waals surface area contributed by atoms with E-state index >= 15 is 0 Å². The van der Waals surface area contributed by atoms with E-state index in [1.54, 1.807) is 12.3 Å². The number of amides is 1. The molecule has 5 rings (SSSR count). The van der Waals surface area contributed by atoms with E-state index in [4.69, 9.17) is 4.98 Å². The van der Waals surface area contributed by atoms with Crippen LogP contribution in [0.15, 0.2) is 85.1 Å². The van der Waals surface area contributed by atoms with Crippen molar-refractivity contribution < 1.29 is 4.79 Å². The van der Waals surface area contributed by atoms with Crippen molar-refractivity contribution in [1.29, 1.82) is 0 Å². The van der Waals surface area contributed by atoms with Crippen molar-refractivity contribution in [3.8, 4) is 11.4 Å². The van der Waals surface area contributed by atoms with Crippen LogP contribution in [0.1, 0.15) is 27.9 Å². The number of para-hydroxylation sites is 2. The lowest BCUT2D eigenvalue weighted by Gasteiger charge is -2.18. The third-order valence-corrected chi connectivity index (χ3v) is 5.47. The highest BCUT2D eigenvalue weighted by atomic mass is 16.2. The van der Waals surface area contributed by atoms with Gasteiger partial charge >= 0.3 is 0 Å². The molecule has 3 heterocycles. The SMILES string of the molecule is Cn1c([C@@H](Cc2ccccc2)NC(=O)c2cc(-c3ccccn3)n[nH]2)nc2ccccc21. The fourth-order valence-corrected chi connectivity index (χ4v) is 3.85. The van der Waals surface area contributed by atoms with E-state index in [-0.39, 0.29) is 11.9 Å². The van der Waals surface area contributed by atoms with Gasteiger partial charge in [0.15, 0.2) is 0 Å². The second-order valence-corrected chi connectivity index (χ2v) is 7.62. The predicted octanol–water partition coefficient (Wildman–Crippen LogP) is 4.07. The molecule has 0 aliphatic heterocycles. The van der Waals surface area contributed by atoms with Gasteiger partial charge < -0.3 is 9.88 Å². The van der Waals surface area contributed by atoms with Crippen LogP contribution >= 0.6 is 0 Å². The minimum absolute atomic E-state index is 0.243. The summed E-state index contributed by atoms with van der Waals surface area (Å²) >= 11 is 0. The van der Waals surface area contributed by atoms with Crippen LogP contribution in [-0.2, 0) is 13.5 Å². The molecule has 0 aliphatic rings. The second kappa shape index (κ2) is 8.47. The molecule has 2 N–H and O–H groups in total. The quantitative estimate of drug-likeness (QED) is 0.432. The normalized spacial score (nSPS) is 12.0. The highest BCUT2D eigenvalue weighted by molar-refractivity contribution is 5.93. The third kappa shape index (κ3) is 3.88. The maximum absolute atomic E-state index is 13.1. The molecule has 0 radical (unpaired) electrons. The number of nitrogens with zero attached hydrogens (tertiary/aromatic N) is 4. The zero-order valence-electron chi connectivity index (χ0n) is 17.6. The van der Waals surface area contributed by atoms with Gasteiger partial charge in [-0.25, -0.2) is 4.98 Å². The van der Waals surface area contributed by atoms with Crippen LogP contribution in [0.4, 0.5) is 0 Å². The summed E-state index contributed by atoms with van der Waals surface area (Å²) < 4.78 is 2.04. The highest BCUT2D eigenvalue weighted by Crippen LogP contribution is 2.23. The summed E-state index contributed by atoms with van der Waals surface area (Å²) in [5, 5.41) is 10.2. The number of fused-ring (bicyclic) bond motifs is 1. The van der Waals surface area contributed by atoms with Crippen LogP contribution in [0.2, 0.25) is 0 Å². The minimum Gasteiger partial charge on any atom is -0.340 e. The number of aromatic nitrogens is 5. The van der Waals surface area contributed by atoms with E-state index in [9.17, 15) is 4.79 Å². The van der Waals surface area contributed by atoms with E-state index in [2.05, 4.69) is 32.6 Å². The number of carbonyl (C=O) groups is 1. The number of H-pyrrole nitrogens is 1. The molecule has 7 heteroatoms. The Kier molecular flexibility index (Phi) is 5.21. The molecule has 0 aliphatic carbocycles. The molecular weight excluding hydrogens is 400 g/mol. The average Bonchev–Trinajstić information content (AvgIpc) is 3.46. The van der Waals surface area contributed by atoms with Crippen molar-refractivity contribution in [2.75, 3.05) is 0 Å². The van der Waals surface area contributed by atoms with Gasteiger partial charge in [-0.3, -0.25) is 14.9 Å². The Labute approximate surface area is 185 Å². The molecule has 158 valence electrons. The minimum atomic E-state index is -0.316. The smallest absolute Gasteiger partial charge is 0.269 e. The average molecular weight is 422 g/mol. The first-order chi connectivity index (χ1) is 15.7. The molecule has 0 fully saturated rings. The van der Waals surface area contributed by atoms with Crippen LogP contribution in [0, 0.1) is 0 Å². The zero-order valence-corrected chi connectivity index (χ0v) is 17.6. The number of pyridine rings is 1. The molecule has 0 saturated heterocycles. The number of rotatable bonds is 6. The first-order valence-corrected chi connectivity index (χ1v) is 10.4. The van der Waals surface area contributed by atoms with Crippen molar-refractivity contribution in [3.05, 3.63) is 102 Å². The Morgan fingerprint density at radius 3 is 2.56 bits per heavy atom. The van der Waals surface area contributed by atoms with E-state index < -0.39 is 0 Å². The summed E-state index contributed by atoms with van der Waals surface area (Å²) in [7, 11) is 1.98. The molecule has 5 aromatic rings. The Morgan fingerprint density at radius 1 is 1.00 bits per heavy atom. The van der Waals surface area contributed by atoms with Gasteiger partial charge in [-0.1, -0.05) is 48.5 Å². The molecule has 7 nitrogen and oxygen atoms in total. The maximum atomic E-state index is 13.1. The van der Waals surface area contributed by atoms with E-state index in [0.29, 0.717) is 23.5 Å². The molecule has 0 saturated carbocycles. The molecule has 2 aromatic carbocycles. The van der Waals surface area contributed by atoms with Crippen molar-refractivity contribution in [1.82, 2.24) is 30.0 Å². The number of carbonyl (C=O) groups excluding carboxylic acids is 1. The topological polar surface area (TPSA) is 88.5 Å². The largest absolute Gasteiger partial charge is 0.340 e. The molecule has 32 heavy (non-hydrogen) atoms. The van der Waals surface area contributed by atoms with Crippen LogP contribution in [-0.4, -0.2) is 30.6 Å². The fourth-order valence-electron chi connectivity index (χ4n) is 3.85. The molecular formula is C25H22N6O. The lowest BCUT2D eigenvalue weighted by molar-refractivity contribution is 0.0929. The van der Waals surface area contributed by atoms with E-state index in [0.717, 1.165) is 22.4 Å². The Balaban J connectivity index is 1.46. The van der Waals surface area contributed by atoms with Crippen LogP contribution in [0.25, 0.3) is 22.4 Å². The molecule has 0 spiro atoms. The Hall–Kier alpha value is -4.26. The number of aromatic amines is 1. The van der Waals surface area contributed by atoms with Crippen molar-refractivity contribution >= 4 is 16.9 Å². The van der Waals surface area contributed by atoms with Crippen molar-refractivity contribution in [2.24, 2.45) is 7.05 Å². The number of benzene rings is 2. The summed E-state index contributed by atoms with van der Waals surface area (Å²) in [5.41, 5.74) is 4.74. The Morgan fingerprint density at radius 2 is 1.78 bits per heavy atom. The number of hydrogen-bond donors (Lipinski definition) is 2. The Bertz CT molecular complexity index is 1360. The van der Waals surface area contributed by atoms with Gasteiger partial charge in [0, 0.05) is 13.2 Å². The number of aryl methyl sites for hydroxylation is 1. The number of nitrogens with one attached hydrogen (secondary N) is 2. The predicted molar refractivity (Wildman–Crippen MR) is 123 cm³/mol. The lowest BCUT2D eigenvalue weighted by Crippen LogP contribution is -2.32. The zero-order chi connectivity index (χ0) is 21.9. The first kappa shape index (κ1) is 19.7. The summed E-state index contributed by atoms with van der Waals surface area (Å²) in [4.78, 5) is 22.3. The van der Waals surface area contributed by atoms with Crippen LogP contribution in [0.5, 0.6) is 0 Å². The van der Waals surface area contributed by atoms with E-state index in [1.165, 1.54) is 0 Å². The molecule has 1 atom stereocenters. The van der Waals surface area contributed by atoms with Gasteiger partial charge in [-0.15, -0.1) is 0 Å². The van der Waals surface area contributed by atoms with Crippen LogP contribution < -0.4 is 5.32 Å². The molecule has 3 aromatic heterocycles. The summed E-state index contributed by atoms with van der Waals surface area (Å²) in [5.74, 6) is 0.556. The van der Waals surface area contributed by atoms with E-state index in [1.807, 2.05) is 72.3 Å².